The van der Waals surface area contributed by atoms with Crippen LogP contribution in [0.25, 0.3) is 6.08 Å². The zero-order valence-electron chi connectivity index (χ0n) is 16.8. The molecule has 0 aromatic heterocycles. The zero-order valence-corrected chi connectivity index (χ0v) is 16.8. The monoisotopic (exact) mass is 424 g/mol. The van der Waals surface area contributed by atoms with Gasteiger partial charge in [-0.25, -0.2) is 14.5 Å². The van der Waals surface area contributed by atoms with Crippen molar-refractivity contribution < 1.29 is 33.8 Å². The maximum atomic E-state index is 13.0. The molecule has 4 amide bonds. The zero-order chi connectivity index (χ0) is 22.5. The first-order valence-corrected chi connectivity index (χ1v) is 9.44. The van der Waals surface area contributed by atoms with Crippen molar-refractivity contribution in [2.45, 2.75) is 20.0 Å². The van der Waals surface area contributed by atoms with Crippen molar-refractivity contribution in [1.29, 1.82) is 0 Å². The second kappa shape index (κ2) is 9.12. The summed E-state index contributed by atoms with van der Waals surface area (Å²) in [6.07, 6.45) is 0.315. The van der Waals surface area contributed by atoms with Crippen molar-refractivity contribution in [3.05, 3.63) is 59.7 Å². The van der Waals surface area contributed by atoms with E-state index in [0.29, 0.717) is 23.7 Å². The Balaban J connectivity index is 1.87. The maximum absolute atomic E-state index is 13.0. The second-order valence-electron chi connectivity index (χ2n) is 6.56. The summed E-state index contributed by atoms with van der Waals surface area (Å²) < 4.78 is 10.7. The molecule has 1 fully saturated rings. The predicted octanol–water partition coefficient (Wildman–Crippen LogP) is 2.60. The van der Waals surface area contributed by atoms with Crippen molar-refractivity contribution in [2.24, 2.45) is 0 Å². The van der Waals surface area contributed by atoms with Gasteiger partial charge in [0.05, 0.1) is 12.3 Å². The van der Waals surface area contributed by atoms with Gasteiger partial charge in [0.25, 0.3) is 11.8 Å². The van der Waals surface area contributed by atoms with Gasteiger partial charge in [0.1, 0.15) is 17.1 Å². The maximum Gasteiger partial charge on any atom is 0.344 e. The summed E-state index contributed by atoms with van der Waals surface area (Å²) in [4.78, 5) is 49.3. The van der Waals surface area contributed by atoms with Gasteiger partial charge in [-0.05, 0) is 49.8 Å². The summed E-state index contributed by atoms with van der Waals surface area (Å²) in [5, 5.41) is 11.1. The minimum Gasteiger partial charge on any atom is -0.494 e. The van der Waals surface area contributed by atoms with Crippen LogP contribution >= 0.6 is 0 Å². The highest BCUT2D eigenvalue weighted by atomic mass is 16.5. The topological polar surface area (TPSA) is 122 Å². The van der Waals surface area contributed by atoms with Gasteiger partial charge in [-0.15, -0.1) is 0 Å². The first kappa shape index (κ1) is 21.6. The number of hydrogen-bond donors (Lipinski definition) is 2. The number of carbonyl (C=O) groups excluding carboxylic acids is 3. The number of amides is 4. The third-order valence-electron chi connectivity index (χ3n) is 4.34. The molecule has 31 heavy (non-hydrogen) atoms. The minimum atomic E-state index is -1.10. The van der Waals surface area contributed by atoms with Crippen molar-refractivity contribution >= 4 is 35.6 Å². The molecule has 1 aliphatic rings. The van der Waals surface area contributed by atoms with E-state index >= 15 is 0 Å². The second-order valence-corrected chi connectivity index (χ2v) is 6.56. The lowest BCUT2D eigenvalue weighted by Gasteiger charge is -2.26. The number of urea groups is 1. The van der Waals surface area contributed by atoms with E-state index in [0.717, 1.165) is 4.90 Å². The first-order valence-electron chi connectivity index (χ1n) is 9.44. The number of rotatable bonds is 7. The highest BCUT2D eigenvalue weighted by molar-refractivity contribution is 6.39. The highest BCUT2D eigenvalue weighted by Crippen LogP contribution is 2.26. The Morgan fingerprint density at radius 3 is 2.48 bits per heavy atom. The lowest BCUT2D eigenvalue weighted by atomic mass is 10.1. The number of ether oxygens (including phenoxy) is 2. The van der Waals surface area contributed by atoms with Gasteiger partial charge >= 0.3 is 12.0 Å². The number of imide groups is 2. The van der Waals surface area contributed by atoms with Crippen LogP contribution in [0.2, 0.25) is 0 Å². The van der Waals surface area contributed by atoms with E-state index in [1.807, 2.05) is 6.92 Å². The van der Waals surface area contributed by atoms with Crippen LogP contribution in [0.3, 0.4) is 0 Å². The highest BCUT2D eigenvalue weighted by Gasteiger charge is 2.36. The summed E-state index contributed by atoms with van der Waals surface area (Å²) in [5.41, 5.74) is 0.526. The first-order chi connectivity index (χ1) is 14.8. The molecule has 1 saturated heterocycles. The van der Waals surface area contributed by atoms with Crippen LogP contribution in [-0.4, -0.2) is 41.6 Å². The fourth-order valence-electron chi connectivity index (χ4n) is 2.83. The molecular weight excluding hydrogens is 404 g/mol. The number of anilines is 1. The Morgan fingerprint density at radius 2 is 1.84 bits per heavy atom. The normalized spacial score (nSPS) is 16.1. The van der Waals surface area contributed by atoms with Gasteiger partial charge in [-0.1, -0.05) is 18.2 Å². The quantitative estimate of drug-likeness (QED) is 0.517. The molecule has 2 N–H and O–H groups in total. The van der Waals surface area contributed by atoms with E-state index in [2.05, 4.69) is 5.32 Å². The Hall–Kier alpha value is -4.14. The number of nitrogens with one attached hydrogen (secondary N) is 1. The van der Waals surface area contributed by atoms with Gasteiger partial charge < -0.3 is 14.6 Å². The van der Waals surface area contributed by atoms with E-state index in [9.17, 15) is 19.2 Å². The SMILES string of the molecule is CCOc1cccc(N2C(=O)NC(=O)/C(=C/c3ccc(OC(C)C(=O)O)cc3)C2=O)c1. The molecule has 0 saturated carbocycles. The summed E-state index contributed by atoms with van der Waals surface area (Å²) in [7, 11) is 0. The Morgan fingerprint density at radius 1 is 1.13 bits per heavy atom. The van der Waals surface area contributed by atoms with E-state index in [1.165, 1.54) is 31.2 Å². The molecule has 1 atom stereocenters. The van der Waals surface area contributed by atoms with E-state index in [-0.39, 0.29) is 11.3 Å². The van der Waals surface area contributed by atoms with Crippen LogP contribution in [0, 0.1) is 0 Å². The number of carboxylic acid groups (broad SMARTS) is 1. The van der Waals surface area contributed by atoms with Crippen molar-refractivity contribution in [1.82, 2.24) is 5.32 Å². The van der Waals surface area contributed by atoms with E-state index in [1.54, 1.807) is 30.3 Å². The molecule has 2 aromatic rings. The number of nitrogens with zero attached hydrogens (tertiary/aromatic N) is 1. The summed E-state index contributed by atoms with van der Waals surface area (Å²) in [5.74, 6) is -1.89. The number of hydrogen-bond acceptors (Lipinski definition) is 6. The summed E-state index contributed by atoms with van der Waals surface area (Å²) >= 11 is 0. The van der Waals surface area contributed by atoms with Crippen LogP contribution in [0.1, 0.15) is 19.4 Å². The fraction of sp³-hybridized carbons (Fsp3) is 0.182. The number of carbonyl (C=O) groups is 4. The van der Waals surface area contributed by atoms with Crippen LogP contribution in [0.5, 0.6) is 11.5 Å². The fourth-order valence-corrected chi connectivity index (χ4v) is 2.83. The van der Waals surface area contributed by atoms with Crippen LogP contribution < -0.4 is 19.7 Å². The van der Waals surface area contributed by atoms with Gasteiger partial charge in [-0.3, -0.25) is 14.9 Å². The van der Waals surface area contributed by atoms with Gasteiger partial charge in [0, 0.05) is 6.07 Å². The lowest BCUT2D eigenvalue weighted by Crippen LogP contribution is -2.54. The minimum absolute atomic E-state index is 0.228. The molecule has 0 bridgehead atoms. The largest absolute Gasteiger partial charge is 0.494 e. The average Bonchev–Trinajstić information content (AvgIpc) is 2.72. The summed E-state index contributed by atoms with van der Waals surface area (Å²) in [6, 6.07) is 11.7. The Labute approximate surface area is 177 Å². The Kier molecular flexibility index (Phi) is 6.35. The molecule has 1 aliphatic heterocycles. The molecule has 0 spiro atoms. The van der Waals surface area contributed by atoms with Crippen LogP contribution in [0.4, 0.5) is 10.5 Å². The molecule has 3 rings (SSSR count). The average molecular weight is 424 g/mol. The predicted molar refractivity (Wildman–Crippen MR) is 111 cm³/mol. The molecule has 9 heteroatoms. The van der Waals surface area contributed by atoms with Crippen molar-refractivity contribution in [2.75, 3.05) is 11.5 Å². The number of barbiturate groups is 1. The molecular formula is C22H20N2O7. The smallest absolute Gasteiger partial charge is 0.344 e. The molecule has 0 radical (unpaired) electrons. The van der Waals surface area contributed by atoms with Crippen molar-refractivity contribution in [3.8, 4) is 11.5 Å². The van der Waals surface area contributed by atoms with Crippen molar-refractivity contribution in [3.63, 3.8) is 0 Å². The van der Waals surface area contributed by atoms with Crippen LogP contribution in [0.15, 0.2) is 54.1 Å². The number of benzene rings is 2. The number of aliphatic carboxylic acids is 1. The van der Waals surface area contributed by atoms with Gasteiger partial charge in [0.2, 0.25) is 0 Å². The molecule has 9 nitrogen and oxygen atoms in total. The lowest BCUT2D eigenvalue weighted by molar-refractivity contribution is -0.144. The standard InChI is InChI=1S/C22H20N2O7/c1-3-30-17-6-4-5-15(12-17)24-20(26)18(19(25)23-22(24)29)11-14-7-9-16(10-8-14)31-13(2)21(27)28/h4-13H,3H2,1-2H3,(H,27,28)(H,23,25,29)/b18-11-. The van der Waals surface area contributed by atoms with Gasteiger partial charge in [-0.2, -0.15) is 0 Å². The number of carboxylic acids is 1. The molecule has 0 aliphatic carbocycles. The molecule has 2 aromatic carbocycles. The molecule has 1 unspecified atom stereocenters. The third-order valence-corrected chi connectivity index (χ3v) is 4.34. The van der Waals surface area contributed by atoms with E-state index < -0.39 is 29.9 Å². The Bertz CT molecular complexity index is 1060. The van der Waals surface area contributed by atoms with Gasteiger partial charge in [0.15, 0.2) is 6.10 Å². The summed E-state index contributed by atoms with van der Waals surface area (Å²) in [6.45, 7) is 3.62. The molecule has 160 valence electrons. The van der Waals surface area contributed by atoms with Crippen LogP contribution in [-0.2, 0) is 14.4 Å². The van der Waals surface area contributed by atoms with E-state index in [4.69, 9.17) is 14.6 Å². The third kappa shape index (κ3) is 4.89. The molecule has 1 heterocycles.